The number of para-hydroxylation sites is 1. The molecule has 5 rings (SSSR count). The lowest BCUT2D eigenvalue weighted by atomic mass is 9.69. The molecule has 2 aliphatic rings. The number of rotatable bonds is 7. The Morgan fingerprint density at radius 1 is 0.919 bits per heavy atom. The molecular formula is C31H28ClNO4. The van der Waals surface area contributed by atoms with Crippen LogP contribution in [0.1, 0.15) is 42.7 Å². The van der Waals surface area contributed by atoms with E-state index < -0.39 is 17.8 Å². The Kier molecular flexibility index (Phi) is 7.52. The molecule has 0 aromatic heterocycles. The van der Waals surface area contributed by atoms with Crippen molar-refractivity contribution < 1.29 is 19.1 Å². The van der Waals surface area contributed by atoms with Crippen LogP contribution < -0.4 is 4.74 Å². The topological polar surface area (TPSA) is 65.0 Å². The van der Waals surface area contributed by atoms with E-state index in [1.54, 1.807) is 6.07 Å². The molecule has 0 fully saturated rings. The van der Waals surface area contributed by atoms with Crippen molar-refractivity contribution in [3.8, 4) is 5.75 Å². The minimum Gasteiger partial charge on any atom is -0.490 e. The number of carbonyl (C=O) groups excluding carboxylic acids is 2. The van der Waals surface area contributed by atoms with Gasteiger partial charge < -0.3 is 9.47 Å². The molecule has 6 heteroatoms. The van der Waals surface area contributed by atoms with Crippen molar-refractivity contribution in [1.29, 1.82) is 0 Å². The van der Waals surface area contributed by atoms with E-state index in [0.29, 0.717) is 34.9 Å². The Hall–Kier alpha value is -3.70. The number of nitrogens with zero attached hydrogens (tertiary/aromatic N) is 1. The van der Waals surface area contributed by atoms with Gasteiger partial charge in [-0.2, -0.15) is 0 Å². The van der Waals surface area contributed by atoms with Gasteiger partial charge >= 0.3 is 5.97 Å². The van der Waals surface area contributed by atoms with E-state index in [1.165, 1.54) is 0 Å². The molecule has 1 aliphatic carbocycles. The summed E-state index contributed by atoms with van der Waals surface area (Å²) >= 11 is 6.34. The molecule has 0 radical (unpaired) electrons. The average molecular weight is 514 g/mol. The van der Waals surface area contributed by atoms with Gasteiger partial charge in [-0.05, 0) is 54.7 Å². The molecule has 0 amide bonds. The summed E-state index contributed by atoms with van der Waals surface area (Å²) in [6.45, 7) is 2.16. The molecule has 3 aromatic rings. The fourth-order valence-electron chi connectivity index (χ4n) is 5.29. The average Bonchev–Trinajstić information content (AvgIpc) is 2.91. The van der Waals surface area contributed by atoms with Gasteiger partial charge in [0.15, 0.2) is 5.78 Å². The summed E-state index contributed by atoms with van der Waals surface area (Å²) < 4.78 is 11.3. The number of benzene rings is 3. The van der Waals surface area contributed by atoms with Gasteiger partial charge in [-0.3, -0.25) is 14.6 Å². The number of carbonyl (C=O) groups is 2. The molecule has 1 heterocycles. The van der Waals surface area contributed by atoms with Gasteiger partial charge in [0.1, 0.15) is 24.9 Å². The van der Waals surface area contributed by atoms with Crippen LogP contribution in [0, 0.1) is 5.92 Å². The number of hydrogen-bond acceptors (Lipinski definition) is 5. The Labute approximate surface area is 221 Å². The number of halogens is 1. The standard InChI is InChI=1S/C31H28ClNO4/c1-20-28(31(35)37-16-15-36-25-13-6-3-7-14-25)29(22-11-8-12-24(32)17-22)30-26(33-20)18-23(19-27(30)34)21-9-4-2-5-10-21/h2-14,17,23,28-29H,15-16,18-19H2,1H3/t23-,28?,29+/m1/s1. The molecule has 5 nitrogen and oxygen atoms in total. The second kappa shape index (κ2) is 11.1. The monoisotopic (exact) mass is 513 g/mol. The minimum absolute atomic E-state index is 0.0153. The Balaban J connectivity index is 1.41. The molecule has 0 bridgehead atoms. The van der Waals surface area contributed by atoms with Crippen LogP contribution in [0.5, 0.6) is 5.75 Å². The third-order valence-corrected chi connectivity index (χ3v) is 7.20. The lowest BCUT2D eigenvalue weighted by molar-refractivity contribution is -0.147. The van der Waals surface area contributed by atoms with Crippen molar-refractivity contribution in [2.45, 2.75) is 31.6 Å². The van der Waals surface area contributed by atoms with Gasteiger partial charge in [-0.25, -0.2) is 0 Å². The summed E-state index contributed by atoms with van der Waals surface area (Å²) in [5.41, 5.74) is 3.92. The van der Waals surface area contributed by atoms with Crippen molar-refractivity contribution in [1.82, 2.24) is 0 Å². The summed E-state index contributed by atoms with van der Waals surface area (Å²) in [6, 6.07) is 26.8. The van der Waals surface area contributed by atoms with Crippen molar-refractivity contribution in [3.05, 3.63) is 112 Å². The smallest absolute Gasteiger partial charge is 0.315 e. The lowest BCUT2D eigenvalue weighted by Crippen LogP contribution is -2.38. The van der Waals surface area contributed by atoms with E-state index in [1.807, 2.05) is 73.7 Å². The molecule has 0 spiro atoms. The number of hydrogen-bond donors (Lipinski definition) is 0. The van der Waals surface area contributed by atoms with Crippen LogP contribution in [0.3, 0.4) is 0 Å². The van der Waals surface area contributed by atoms with Crippen molar-refractivity contribution in [2.24, 2.45) is 10.9 Å². The Morgan fingerprint density at radius 2 is 1.62 bits per heavy atom. The molecule has 1 unspecified atom stereocenters. The number of Topliss-reactive ketones (excluding diaryl/α,β-unsaturated/α-hetero) is 1. The molecule has 0 saturated heterocycles. The predicted molar refractivity (Wildman–Crippen MR) is 144 cm³/mol. The van der Waals surface area contributed by atoms with Gasteiger partial charge in [0.05, 0.1) is 0 Å². The maximum atomic E-state index is 13.6. The van der Waals surface area contributed by atoms with E-state index in [9.17, 15) is 9.59 Å². The first-order valence-corrected chi connectivity index (χ1v) is 12.9. The minimum atomic E-state index is -0.717. The van der Waals surface area contributed by atoms with Crippen LogP contribution in [0.4, 0.5) is 0 Å². The fraction of sp³-hybridized carbons (Fsp3) is 0.258. The van der Waals surface area contributed by atoms with E-state index in [2.05, 4.69) is 12.1 Å². The van der Waals surface area contributed by atoms with Gasteiger partial charge in [0, 0.05) is 34.3 Å². The second-order valence-corrected chi connectivity index (χ2v) is 9.83. The van der Waals surface area contributed by atoms with Crippen LogP contribution in [0.2, 0.25) is 5.02 Å². The second-order valence-electron chi connectivity index (χ2n) is 9.39. The van der Waals surface area contributed by atoms with Crippen LogP contribution in [-0.2, 0) is 14.3 Å². The van der Waals surface area contributed by atoms with E-state index in [0.717, 1.165) is 16.8 Å². The zero-order chi connectivity index (χ0) is 25.8. The molecule has 1 aliphatic heterocycles. The number of ketones is 1. The van der Waals surface area contributed by atoms with Crippen LogP contribution in [0.15, 0.2) is 101 Å². The third-order valence-electron chi connectivity index (χ3n) is 6.96. The first-order valence-electron chi connectivity index (χ1n) is 12.5. The highest BCUT2D eigenvalue weighted by atomic mass is 35.5. The molecular weight excluding hydrogens is 486 g/mol. The normalized spacial score (nSPS) is 21.2. The first kappa shape index (κ1) is 25.0. The Morgan fingerprint density at radius 3 is 2.35 bits per heavy atom. The number of aliphatic imine (C=N–C) groups is 1. The highest BCUT2D eigenvalue weighted by Gasteiger charge is 2.44. The maximum Gasteiger partial charge on any atom is 0.315 e. The third kappa shape index (κ3) is 5.52. The maximum absolute atomic E-state index is 13.6. The highest BCUT2D eigenvalue weighted by molar-refractivity contribution is 6.30. The van der Waals surface area contributed by atoms with Crippen molar-refractivity contribution >= 4 is 29.1 Å². The van der Waals surface area contributed by atoms with E-state index in [4.69, 9.17) is 26.1 Å². The molecule has 3 aromatic carbocycles. The summed E-state index contributed by atoms with van der Waals surface area (Å²) in [5, 5.41) is 0.550. The summed E-state index contributed by atoms with van der Waals surface area (Å²) in [7, 11) is 0. The van der Waals surface area contributed by atoms with Crippen LogP contribution in [-0.4, -0.2) is 30.7 Å². The van der Waals surface area contributed by atoms with Crippen molar-refractivity contribution in [2.75, 3.05) is 13.2 Å². The predicted octanol–water partition coefficient (Wildman–Crippen LogP) is 6.54. The quantitative estimate of drug-likeness (QED) is 0.266. The first-order chi connectivity index (χ1) is 18.0. The zero-order valence-corrected chi connectivity index (χ0v) is 21.4. The lowest BCUT2D eigenvalue weighted by Gasteiger charge is -2.36. The summed E-state index contributed by atoms with van der Waals surface area (Å²) in [4.78, 5) is 31.9. The SMILES string of the molecule is CC1=NC2=C(C(=O)C[C@H](c3ccccc3)C2)[C@@H](c2cccc(Cl)c2)C1C(=O)OCCOc1ccccc1. The Bertz CT molecular complexity index is 1350. The van der Waals surface area contributed by atoms with E-state index >= 15 is 0 Å². The van der Waals surface area contributed by atoms with Gasteiger partial charge in [0.2, 0.25) is 0 Å². The number of allylic oxidation sites excluding steroid dienone is 2. The summed E-state index contributed by atoms with van der Waals surface area (Å²) in [5.74, 6) is -0.859. The largest absolute Gasteiger partial charge is 0.490 e. The molecule has 3 atom stereocenters. The van der Waals surface area contributed by atoms with Crippen LogP contribution in [0.25, 0.3) is 0 Å². The highest BCUT2D eigenvalue weighted by Crippen LogP contribution is 2.47. The molecule has 37 heavy (non-hydrogen) atoms. The van der Waals surface area contributed by atoms with Crippen LogP contribution >= 0.6 is 11.6 Å². The number of esters is 1. The van der Waals surface area contributed by atoms with E-state index in [-0.39, 0.29) is 24.9 Å². The zero-order valence-electron chi connectivity index (χ0n) is 20.6. The molecule has 188 valence electrons. The van der Waals surface area contributed by atoms with Gasteiger partial charge in [-0.1, -0.05) is 72.3 Å². The molecule has 0 N–H and O–H groups in total. The van der Waals surface area contributed by atoms with Gasteiger partial charge in [0.25, 0.3) is 0 Å². The summed E-state index contributed by atoms with van der Waals surface area (Å²) in [6.07, 6.45) is 1.02. The number of ether oxygens (including phenoxy) is 2. The van der Waals surface area contributed by atoms with Gasteiger partial charge in [-0.15, -0.1) is 0 Å². The van der Waals surface area contributed by atoms with Crippen molar-refractivity contribution in [3.63, 3.8) is 0 Å². The molecule has 0 saturated carbocycles. The fourth-order valence-corrected chi connectivity index (χ4v) is 5.49.